The smallest absolute Gasteiger partial charge is 0.364 e. The van der Waals surface area contributed by atoms with Gasteiger partial charge in [0.1, 0.15) is 5.69 Å². The molecule has 0 saturated carbocycles. The van der Waals surface area contributed by atoms with E-state index >= 15 is 0 Å². The monoisotopic (exact) mass is 223 g/mol. The van der Waals surface area contributed by atoms with Crippen LogP contribution in [-0.4, -0.2) is 10.6 Å². The number of amidine groups is 1. The first-order valence-corrected chi connectivity index (χ1v) is 5.41. The molecule has 17 heavy (non-hydrogen) atoms. The summed E-state index contributed by atoms with van der Waals surface area (Å²) in [6.07, 6.45) is 0. The average Bonchev–Trinajstić information content (AvgIpc) is 2.38. The van der Waals surface area contributed by atoms with Crippen molar-refractivity contribution in [3.63, 3.8) is 0 Å². The zero-order chi connectivity index (χ0) is 12.1. The van der Waals surface area contributed by atoms with Crippen LogP contribution < -0.4 is 5.32 Å². The first-order valence-electron chi connectivity index (χ1n) is 5.41. The van der Waals surface area contributed by atoms with Gasteiger partial charge in [-0.3, -0.25) is 0 Å². The number of rotatable bonds is 2. The van der Waals surface area contributed by atoms with E-state index in [2.05, 4.69) is 10.1 Å². The predicted molar refractivity (Wildman–Crippen MR) is 69.0 cm³/mol. The molecule has 0 heterocycles. The summed E-state index contributed by atoms with van der Waals surface area (Å²) in [5.41, 5.74) is 11.9. The molecular weight excluding hydrogens is 210 g/mol. The SMILES string of the molecule is Cc1ccc(C(=[N+]=[N-])Nc2ccccc2)cc1. The summed E-state index contributed by atoms with van der Waals surface area (Å²) in [6.45, 7) is 2.02. The van der Waals surface area contributed by atoms with Crippen molar-refractivity contribution in [1.82, 2.24) is 0 Å². The minimum absolute atomic E-state index is 0.441. The van der Waals surface area contributed by atoms with Gasteiger partial charge in [-0.1, -0.05) is 35.9 Å². The van der Waals surface area contributed by atoms with Crippen LogP contribution in [0.5, 0.6) is 0 Å². The highest BCUT2D eigenvalue weighted by atomic mass is 15.0. The summed E-state index contributed by atoms with van der Waals surface area (Å²) in [6, 6.07) is 17.4. The van der Waals surface area contributed by atoms with Crippen LogP contribution in [0.4, 0.5) is 5.69 Å². The second kappa shape index (κ2) is 5.10. The molecule has 2 aromatic carbocycles. The lowest BCUT2D eigenvalue weighted by molar-refractivity contribution is -0.00380. The van der Waals surface area contributed by atoms with E-state index in [1.165, 1.54) is 5.56 Å². The summed E-state index contributed by atoms with van der Waals surface area (Å²) < 4.78 is 0. The zero-order valence-electron chi connectivity index (χ0n) is 9.59. The molecule has 1 N–H and O–H groups in total. The Labute approximate surface area is 100 Å². The predicted octanol–water partition coefficient (Wildman–Crippen LogP) is 3.08. The second-order valence-corrected chi connectivity index (χ2v) is 3.81. The van der Waals surface area contributed by atoms with Crippen LogP contribution in [0, 0.1) is 6.92 Å². The summed E-state index contributed by atoms with van der Waals surface area (Å²) >= 11 is 0. The summed E-state index contributed by atoms with van der Waals surface area (Å²) in [4.78, 5) is 3.29. The van der Waals surface area contributed by atoms with Gasteiger partial charge in [-0.15, -0.1) is 0 Å². The molecule has 0 bridgehead atoms. The highest BCUT2D eigenvalue weighted by Gasteiger charge is 2.10. The summed E-state index contributed by atoms with van der Waals surface area (Å²) in [5, 5.41) is 3.06. The van der Waals surface area contributed by atoms with Crippen molar-refractivity contribution >= 4 is 11.5 Å². The van der Waals surface area contributed by atoms with Crippen LogP contribution in [0.15, 0.2) is 54.6 Å². The van der Waals surface area contributed by atoms with Crippen LogP contribution in [-0.2, 0) is 0 Å². The Kier molecular flexibility index (Phi) is 3.34. The largest absolute Gasteiger partial charge is 0.497 e. The Morgan fingerprint density at radius 1 is 1.00 bits per heavy atom. The van der Waals surface area contributed by atoms with Gasteiger partial charge >= 0.3 is 5.84 Å². The molecule has 0 spiro atoms. The van der Waals surface area contributed by atoms with Crippen LogP contribution in [0.25, 0.3) is 5.53 Å². The van der Waals surface area contributed by atoms with Crippen LogP contribution >= 0.6 is 0 Å². The normalized spacial score (nSPS) is 9.47. The first-order chi connectivity index (χ1) is 8.29. The van der Waals surface area contributed by atoms with E-state index in [1.54, 1.807) is 0 Å². The molecule has 0 radical (unpaired) electrons. The van der Waals surface area contributed by atoms with E-state index in [0.29, 0.717) is 5.84 Å². The average molecular weight is 223 g/mol. The number of benzene rings is 2. The van der Waals surface area contributed by atoms with Crippen molar-refractivity contribution in [3.05, 3.63) is 71.3 Å². The fourth-order valence-electron chi connectivity index (χ4n) is 1.52. The van der Waals surface area contributed by atoms with Gasteiger partial charge in [-0.05, 0) is 31.2 Å². The van der Waals surface area contributed by atoms with E-state index in [4.69, 9.17) is 5.53 Å². The lowest BCUT2D eigenvalue weighted by Crippen LogP contribution is -2.14. The Balaban J connectivity index is 2.24. The molecule has 0 amide bonds. The van der Waals surface area contributed by atoms with Crippen molar-refractivity contribution in [2.24, 2.45) is 0 Å². The molecule has 0 aromatic heterocycles. The third-order valence-corrected chi connectivity index (χ3v) is 2.46. The fraction of sp³-hybridized carbons (Fsp3) is 0.0714. The molecule has 0 aliphatic carbocycles. The summed E-state index contributed by atoms with van der Waals surface area (Å²) in [7, 11) is 0. The molecule has 0 aliphatic heterocycles. The number of hydrogen-bond acceptors (Lipinski definition) is 0. The van der Waals surface area contributed by atoms with Gasteiger partial charge in [0, 0.05) is 0 Å². The molecule has 3 nitrogen and oxygen atoms in total. The third kappa shape index (κ3) is 2.80. The van der Waals surface area contributed by atoms with Crippen molar-refractivity contribution < 1.29 is 4.79 Å². The van der Waals surface area contributed by atoms with Crippen molar-refractivity contribution in [3.8, 4) is 0 Å². The molecule has 0 saturated heterocycles. The van der Waals surface area contributed by atoms with Gasteiger partial charge in [0.2, 0.25) is 0 Å². The minimum atomic E-state index is 0.441. The number of para-hydroxylation sites is 1. The Morgan fingerprint density at radius 2 is 1.65 bits per heavy atom. The van der Waals surface area contributed by atoms with E-state index in [0.717, 1.165) is 11.3 Å². The van der Waals surface area contributed by atoms with Gasteiger partial charge in [0.25, 0.3) is 0 Å². The Morgan fingerprint density at radius 3 is 2.24 bits per heavy atom. The van der Waals surface area contributed by atoms with E-state index in [1.807, 2.05) is 61.5 Å². The van der Waals surface area contributed by atoms with Gasteiger partial charge in [-0.25, -0.2) is 5.32 Å². The van der Waals surface area contributed by atoms with Crippen LogP contribution in [0.2, 0.25) is 0 Å². The third-order valence-electron chi connectivity index (χ3n) is 2.46. The molecule has 2 aromatic rings. The van der Waals surface area contributed by atoms with Crippen LogP contribution in [0.1, 0.15) is 11.1 Å². The Bertz CT molecular complexity index is 537. The number of nitrogens with one attached hydrogen (secondary N) is 1. The quantitative estimate of drug-likeness (QED) is 0.361. The minimum Gasteiger partial charge on any atom is -0.497 e. The van der Waals surface area contributed by atoms with Gasteiger partial charge in [0.05, 0.1) is 5.56 Å². The number of aryl methyl sites for hydroxylation is 1. The molecule has 3 heteroatoms. The second-order valence-electron chi connectivity index (χ2n) is 3.81. The maximum Gasteiger partial charge on any atom is 0.364 e. The maximum absolute atomic E-state index is 9.04. The zero-order valence-corrected chi connectivity index (χ0v) is 9.59. The first kappa shape index (κ1) is 11.1. The fourth-order valence-corrected chi connectivity index (χ4v) is 1.52. The number of nitrogens with zero attached hydrogens (tertiary/aromatic N) is 2. The highest BCUT2D eigenvalue weighted by molar-refractivity contribution is 6.04. The van der Waals surface area contributed by atoms with E-state index in [-0.39, 0.29) is 0 Å². The maximum atomic E-state index is 9.04. The molecule has 84 valence electrons. The number of hydrogen-bond donors (Lipinski definition) is 1. The molecular formula is C14H13N3. The van der Waals surface area contributed by atoms with E-state index in [9.17, 15) is 0 Å². The highest BCUT2D eigenvalue weighted by Crippen LogP contribution is 2.09. The lowest BCUT2D eigenvalue weighted by Gasteiger charge is -2.00. The van der Waals surface area contributed by atoms with Gasteiger partial charge < -0.3 is 10.3 Å². The molecule has 0 fully saturated rings. The topological polar surface area (TPSA) is 48.4 Å². The molecule has 0 atom stereocenters. The molecule has 2 rings (SSSR count). The number of anilines is 1. The van der Waals surface area contributed by atoms with Gasteiger partial charge in [-0.2, -0.15) is 0 Å². The summed E-state index contributed by atoms with van der Waals surface area (Å²) in [5.74, 6) is 0.441. The Hall–Kier alpha value is -2.38. The van der Waals surface area contributed by atoms with E-state index < -0.39 is 0 Å². The van der Waals surface area contributed by atoms with Crippen LogP contribution in [0.3, 0.4) is 0 Å². The molecule has 0 unspecified atom stereocenters. The molecule has 0 aliphatic rings. The van der Waals surface area contributed by atoms with Gasteiger partial charge in [0.15, 0.2) is 0 Å². The lowest BCUT2D eigenvalue weighted by atomic mass is 10.1. The van der Waals surface area contributed by atoms with Crippen molar-refractivity contribution in [1.29, 1.82) is 0 Å². The van der Waals surface area contributed by atoms with Crippen molar-refractivity contribution in [2.75, 3.05) is 5.32 Å². The standard InChI is InChI=1S/C14H13N3/c1-11-7-9-12(10-8-11)14(17-15)16-13-5-3-2-4-6-13/h2-10,16H,1H3. The van der Waals surface area contributed by atoms with Crippen molar-refractivity contribution in [2.45, 2.75) is 6.92 Å².